The lowest BCUT2D eigenvalue weighted by atomic mass is 10.1. The molecule has 1 heterocycles. The quantitative estimate of drug-likeness (QED) is 0.853. The summed E-state index contributed by atoms with van der Waals surface area (Å²) >= 11 is 0. The highest BCUT2D eigenvalue weighted by Gasteiger charge is 2.36. The summed E-state index contributed by atoms with van der Waals surface area (Å²) in [6, 6.07) is 3.50. The molecule has 0 saturated carbocycles. The van der Waals surface area contributed by atoms with Crippen molar-refractivity contribution in [2.45, 2.75) is 25.1 Å². The maximum absolute atomic E-state index is 13.1. The van der Waals surface area contributed by atoms with E-state index in [-0.39, 0.29) is 23.1 Å². The van der Waals surface area contributed by atoms with Gasteiger partial charge in [0.05, 0.1) is 16.8 Å². The van der Waals surface area contributed by atoms with Gasteiger partial charge in [0.1, 0.15) is 17.9 Å². The number of hydrogen-bond donors (Lipinski definition) is 1. The van der Waals surface area contributed by atoms with Crippen molar-refractivity contribution in [2.75, 3.05) is 25.9 Å². The molecule has 1 aliphatic rings. The Morgan fingerprint density at radius 1 is 1.33 bits per heavy atom. The van der Waals surface area contributed by atoms with Gasteiger partial charge in [-0.25, -0.2) is 0 Å². The minimum absolute atomic E-state index is 0.00609. The molecule has 1 aromatic carbocycles. The molecule has 0 unspecified atom stereocenters. The summed E-state index contributed by atoms with van der Waals surface area (Å²) < 4.78 is 44.7. The fourth-order valence-corrected chi connectivity index (χ4v) is 2.29. The van der Waals surface area contributed by atoms with Gasteiger partial charge in [-0.3, -0.25) is 0 Å². The largest absolute Gasteiger partial charge is 0.490 e. The van der Waals surface area contributed by atoms with Crippen LogP contribution in [0.15, 0.2) is 12.1 Å². The minimum Gasteiger partial charge on any atom is -0.490 e. The number of piperidine rings is 1. The van der Waals surface area contributed by atoms with Crippen LogP contribution in [0, 0.1) is 11.3 Å². The predicted molar refractivity (Wildman–Crippen MR) is 71.7 cm³/mol. The van der Waals surface area contributed by atoms with Crippen molar-refractivity contribution < 1.29 is 17.9 Å². The van der Waals surface area contributed by atoms with E-state index in [1.807, 2.05) is 7.05 Å². The molecule has 1 aromatic rings. The topological polar surface area (TPSA) is 62.3 Å². The first-order valence-corrected chi connectivity index (χ1v) is 6.57. The standard InChI is InChI=1S/C14H16F3N3O/c1-20-4-2-10(3-5-20)21-13-7-12(19)9(8-18)6-11(13)14(15,16)17/h6-7,10H,2-5,19H2,1H3. The van der Waals surface area contributed by atoms with Crippen LogP contribution in [0.5, 0.6) is 5.75 Å². The number of alkyl halides is 3. The van der Waals surface area contributed by atoms with Gasteiger partial charge in [-0.15, -0.1) is 0 Å². The Hall–Kier alpha value is -1.94. The van der Waals surface area contributed by atoms with E-state index in [1.165, 1.54) is 0 Å². The van der Waals surface area contributed by atoms with Crippen LogP contribution in [0.3, 0.4) is 0 Å². The molecule has 0 amide bonds. The molecule has 7 heteroatoms. The average molecular weight is 299 g/mol. The van der Waals surface area contributed by atoms with Gasteiger partial charge in [0.15, 0.2) is 0 Å². The van der Waals surface area contributed by atoms with E-state index < -0.39 is 11.7 Å². The number of nitrogens with zero attached hydrogens (tertiary/aromatic N) is 2. The van der Waals surface area contributed by atoms with Gasteiger partial charge in [-0.05, 0) is 26.0 Å². The number of hydrogen-bond acceptors (Lipinski definition) is 4. The van der Waals surface area contributed by atoms with E-state index in [0.717, 1.165) is 25.2 Å². The smallest absolute Gasteiger partial charge is 0.420 e. The van der Waals surface area contributed by atoms with E-state index in [9.17, 15) is 13.2 Å². The van der Waals surface area contributed by atoms with Crippen LogP contribution < -0.4 is 10.5 Å². The summed E-state index contributed by atoms with van der Waals surface area (Å²) in [6.45, 7) is 1.55. The molecule has 4 nitrogen and oxygen atoms in total. The number of nitrogen functional groups attached to an aromatic ring is 1. The van der Waals surface area contributed by atoms with Crippen LogP contribution in [0.4, 0.5) is 18.9 Å². The van der Waals surface area contributed by atoms with Crippen molar-refractivity contribution in [3.63, 3.8) is 0 Å². The lowest BCUT2D eigenvalue weighted by Crippen LogP contribution is -2.36. The Balaban J connectivity index is 2.29. The Morgan fingerprint density at radius 3 is 2.48 bits per heavy atom. The van der Waals surface area contributed by atoms with Gasteiger partial charge in [-0.2, -0.15) is 18.4 Å². The van der Waals surface area contributed by atoms with E-state index in [1.54, 1.807) is 6.07 Å². The molecular formula is C14H16F3N3O. The van der Waals surface area contributed by atoms with E-state index >= 15 is 0 Å². The van der Waals surface area contributed by atoms with Gasteiger partial charge in [0.25, 0.3) is 0 Å². The lowest BCUT2D eigenvalue weighted by Gasteiger charge is -2.30. The zero-order valence-electron chi connectivity index (χ0n) is 11.6. The normalized spacial score (nSPS) is 17.5. The fraction of sp³-hybridized carbons (Fsp3) is 0.500. The number of rotatable bonds is 2. The van der Waals surface area contributed by atoms with Gasteiger partial charge < -0.3 is 15.4 Å². The number of halogens is 3. The van der Waals surface area contributed by atoms with Crippen LogP contribution in [0.1, 0.15) is 24.0 Å². The van der Waals surface area contributed by atoms with Crippen LogP contribution >= 0.6 is 0 Å². The molecule has 0 bridgehead atoms. The number of benzene rings is 1. The zero-order chi connectivity index (χ0) is 15.6. The predicted octanol–water partition coefficient (Wildman–Crippen LogP) is 2.63. The minimum atomic E-state index is -4.58. The Kier molecular flexibility index (Phi) is 4.28. The molecule has 1 aliphatic heterocycles. The first-order chi connectivity index (χ1) is 9.81. The number of ether oxygens (including phenoxy) is 1. The third-order valence-corrected chi connectivity index (χ3v) is 3.54. The van der Waals surface area contributed by atoms with Crippen molar-refractivity contribution >= 4 is 5.69 Å². The van der Waals surface area contributed by atoms with Crippen LogP contribution in [0.2, 0.25) is 0 Å². The zero-order valence-corrected chi connectivity index (χ0v) is 11.6. The number of likely N-dealkylation sites (tertiary alicyclic amines) is 1. The van der Waals surface area contributed by atoms with Gasteiger partial charge >= 0.3 is 6.18 Å². The fourth-order valence-electron chi connectivity index (χ4n) is 2.29. The summed E-state index contributed by atoms with van der Waals surface area (Å²) in [5, 5.41) is 8.81. The van der Waals surface area contributed by atoms with E-state index in [4.69, 9.17) is 15.7 Å². The van der Waals surface area contributed by atoms with Crippen LogP contribution in [-0.2, 0) is 6.18 Å². The molecule has 0 aliphatic carbocycles. The first-order valence-electron chi connectivity index (χ1n) is 6.57. The van der Waals surface area contributed by atoms with Crippen molar-refractivity contribution in [2.24, 2.45) is 0 Å². The van der Waals surface area contributed by atoms with Crippen LogP contribution in [0.25, 0.3) is 0 Å². The van der Waals surface area contributed by atoms with Crippen molar-refractivity contribution in [3.05, 3.63) is 23.3 Å². The molecule has 0 atom stereocenters. The van der Waals surface area contributed by atoms with Crippen molar-refractivity contribution in [1.29, 1.82) is 5.26 Å². The Bertz CT molecular complexity index is 558. The number of nitriles is 1. The number of nitrogens with two attached hydrogens (primary N) is 1. The van der Waals surface area contributed by atoms with Gasteiger partial charge in [0, 0.05) is 19.2 Å². The van der Waals surface area contributed by atoms with Crippen molar-refractivity contribution in [3.8, 4) is 11.8 Å². The molecule has 0 aromatic heterocycles. The molecule has 0 radical (unpaired) electrons. The van der Waals surface area contributed by atoms with Crippen molar-refractivity contribution in [1.82, 2.24) is 4.90 Å². The summed E-state index contributed by atoms with van der Waals surface area (Å²) in [5.74, 6) is -0.298. The molecular weight excluding hydrogens is 283 g/mol. The second-order valence-corrected chi connectivity index (χ2v) is 5.17. The molecule has 1 fully saturated rings. The van der Waals surface area contributed by atoms with E-state index in [2.05, 4.69) is 4.90 Å². The summed E-state index contributed by atoms with van der Waals surface area (Å²) in [7, 11) is 1.96. The molecule has 21 heavy (non-hydrogen) atoms. The average Bonchev–Trinajstić information content (AvgIpc) is 2.40. The van der Waals surface area contributed by atoms with Gasteiger partial charge in [-0.1, -0.05) is 0 Å². The third kappa shape index (κ3) is 3.58. The first kappa shape index (κ1) is 15.4. The molecule has 2 rings (SSSR count). The monoisotopic (exact) mass is 299 g/mol. The highest BCUT2D eigenvalue weighted by molar-refractivity contribution is 5.60. The van der Waals surface area contributed by atoms with Crippen LogP contribution in [-0.4, -0.2) is 31.1 Å². The third-order valence-electron chi connectivity index (χ3n) is 3.54. The second-order valence-electron chi connectivity index (χ2n) is 5.17. The SMILES string of the molecule is CN1CCC(Oc2cc(N)c(C#N)cc2C(F)(F)F)CC1. The Labute approximate surface area is 120 Å². The summed E-state index contributed by atoms with van der Waals surface area (Å²) in [5.41, 5.74) is 4.44. The molecule has 0 spiro atoms. The molecule has 2 N–H and O–H groups in total. The highest BCUT2D eigenvalue weighted by atomic mass is 19.4. The lowest BCUT2D eigenvalue weighted by molar-refractivity contribution is -0.139. The van der Waals surface area contributed by atoms with Gasteiger partial charge in [0.2, 0.25) is 0 Å². The number of anilines is 1. The summed E-state index contributed by atoms with van der Waals surface area (Å²) in [6.07, 6.45) is -3.53. The Morgan fingerprint density at radius 2 is 1.95 bits per heavy atom. The highest BCUT2D eigenvalue weighted by Crippen LogP contribution is 2.39. The van der Waals surface area contributed by atoms with E-state index in [0.29, 0.717) is 12.8 Å². The second kappa shape index (κ2) is 5.82. The molecule has 1 saturated heterocycles. The summed E-state index contributed by atoms with van der Waals surface area (Å²) in [4.78, 5) is 2.09. The maximum Gasteiger partial charge on any atom is 0.420 e. The maximum atomic E-state index is 13.1. The molecule has 114 valence electrons.